The van der Waals surface area contributed by atoms with Gasteiger partial charge in [-0.15, -0.1) is 5.92 Å². The Bertz CT molecular complexity index is 456. The number of nitrogens with zero attached hydrogens (tertiary/aromatic N) is 1. The van der Waals surface area contributed by atoms with E-state index in [-0.39, 0.29) is 6.84 Å². The highest BCUT2D eigenvalue weighted by Gasteiger charge is 2.13. The molecule has 0 aliphatic rings. The Morgan fingerprint density at radius 1 is 1.29 bits per heavy atom. The molecule has 0 saturated carbocycles. The minimum absolute atomic E-state index is 0. The first kappa shape index (κ1) is 13.3. The minimum Gasteiger partial charge on any atom is -0.383 e. The van der Waals surface area contributed by atoms with Gasteiger partial charge in [0.2, 0.25) is 0 Å². The predicted molar refractivity (Wildman–Crippen MR) is 76.3 cm³/mol. The van der Waals surface area contributed by atoms with Gasteiger partial charge in [0, 0.05) is 6.99 Å². The second-order valence-corrected chi connectivity index (χ2v) is 4.96. The Balaban J connectivity index is 0.00000289. The van der Waals surface area contributed by atoms with Gasteiger partial charge in [-0.2, -0.15) is 0 Å². The maximum atomic E-state index is 5.88. The average molecular weight is 230 g/mol. The van der Waals surface area contributed by atoms with Gasteiger partial charge in [0.25, 0.3) is 0 Å². The van der Waals surface area contributed by atoms with Crippen LogP contribution < -0.4 is 5.73 Å². The Morgan fingerprint density at radius 2 is 1.88 bits per heavy atom. The molecule has 2 heteroatoms. The van der Waals surface area contributed by atoms with Crippen molar-refractivity contribution in [2.75, 3.05) is 6.54 Å². The summed E-state index contributed by atoms with van der Waals surface area (Å²) in [6.07, 6.45) is 0. The van der Waals surface area contributed by atoms with E-state index in [9.17, 15) is 0 Å². The summed E-state index contributed by atoms with van der Waals surface area (Å²) in [6.45, 7) is 8.83. The Morgan fingerprint density at radius 3 is 2.35 bits per heavy atom. The maximum absolute atomic E-state index is 5.88. The van der Waals surface area contributed by atoms with Crippen LogP contribution in [0.1, 0.15) is 40.2 Å². The monoisotopic (exact) mass is 230 g/mol. The lowest BCUT2D eigenvalue weighted by molar-refractivity contribution is 0.590. The van der Waals surface area contributed by atoms with Crippen LogP contribution in [0.5, 0.6) is 0 Å². The molecule has 0 saturated heterocycles. The van der Waals surface area contributed by atoms with Crippen LogP contribution in [0.3, 0.4) is 0 Å². The van der Waals surface area contributed by atoms with Gasteiger partial charge in [-0.1, -0.05) is 51.0 Å². The Hall–Kier alpha value is -1.75. The zero-order valence-electron chi connectivity index (χ0n) is 11.0. The molecule has 0 amide bonds. The van der Waals surface area contributed by atoms with E-state index >= 15 is 0 Å². The molecule has 2 nitrogen and oxygen atoms in total. The quantitative estimate of drug-likeness (QED) is 0.473. The van der Waals surface area contributed by atoms with E-state index in [1.807, 2.05) is 12.1 Å². The summed E-state index contributed by atoms with van der Waals surface area (Å²) in [7, 11) is 0. The Kier molecular flexibility index (Phi) is 4.34. The Labute approximate surface area is 105 Å². The lowest BCUT2D eigenvalue weighted by Crippen LogP contribution is -2.15. The van der Waals surface area contributed by atoms with E-state index in [2.05, 4.69) is 49.7 Å². The van der Waals surface area contributed by atoms with Crippen molar-refractivity contribution in [3.05, 3.63) is 35.4 Å². The average Bonchev–Trinajstić information content (AvgIpc) is 2.28. The third-order valence-corrected chi connectivity index (χ3v) is 2.55. The molecule has 1 rings (SSSR count). The van der Waals surface area contributed by atoms with E-state index in [1.165, 1.54) is 5.56 Å². The van der Waals surface area contributed by atoms with Crippen molar-refractivity contribution in [1.82, 2.24) is 0 Å². The van der Waals surface area contributed by atoms with Crippen LogP contribution in [0.15, 0.2) is 29.3 Å². The van der Waals surface area contributed by atoms with Crippen molar-refractivity contribution >= 4 is 5.84 Å². The number of rotatable bonds is 2. The van der Waals surface area contributed by atoms with Gasteiger partial charge < -0.3 is 5.73 Å². The van der Waals surface area contributed by atoms with E-state index in [0.717, 1.165) is 5.56 Å². The van der Waals surface area contributed by atoms with Gasteiger partial charge in [0.1, 0.15) is 12.4 Å². The number of benzene rings is 1. The molecule has 0 aliphatic heterocycles. The number of aliphatic imine (C=N–C) groups is 1. The summed E-state index contributed by atoms with van der Waals surface area (Å²) in [5.41, 5.74) is 8.29. The molecule has 1 aromatic rings. The molecule has 92 valence electrons. The number of amidine groups is 1. The highest BCUT2D eigenvalue weighted by molar-refractivity contribution is 5.97. The molecule has 0 atom stereocenters. The molecular weight excluding hydrogens is 208 g/mol. The second-order valence-electron chi connectivity index (χ2n) is 4.96. The fourth-order valence-corrected chi connectivity index (χ4v) is 1.44. The third-order valence-electron chi connectivity index (χ3n) is 2.55. The van der Waals surface area contributed by atoms with E-state index in [1.54, 1.807) is 6.92 Å². The lowest BCUT2D eigenvalue weighted by atomic mass is 9.87. The van der Waals surface area contributed by atoms with Crippen LogP contribution in [-0.4, -0.2) is 12.4 Å². The topological polar surface area (TPSA) is 38.4 Å². The van der Waals surface area contributed by atoms with Crippen molar-refractivity contribution in [3.63, 3.8) is 0 Å². The van der Waals surface area contributed by atoms with Crippen LogP contribution in [0, 0.1) is 11.8 Å². The predicted octanol–water partition coefficient (Wildman–Crippen LogP) is 2.96. The molecule has 0 bridgehead atoms. The summed E-state index contributed by atoms with van der Waals surface area (Å²) in [6, 6.07) is 8.23. The van der Waals surface area contributed by atoms with E-state index < -0.39 is 0 Å². The van der Waals surface area contributed by atoms with Crippen LogP contribution >= 0.6 is 0 Å². The first-order valence-corrected chi connectivity index (χ1v) is 5.75. The molecule has 0 aromatic heterocycles. The SMILES string of the molecule is CC#CCN=C(N)c1ccc(C(C)(C)C)cc1.[HH]. The summed E-state index contributed by atoms with van der Waals surface area (Å²) in [4.78, 5) is 4.20. The first-order valence-electron chi connectivity index (χ1n) is 5.75. The molecule has 0 heterocycles. The van der Waals surface area contributed by atoms with Crippen molar-refractivity contribution in [1.29, 1.82) is 0 Å². The first-order chi connectivity index (χ1) is 7.95. The van der Waals surface area contributed by atoms with Crippen LogP contribution in [-0.2, 0) is 5.41 Å². The number of nitrogens with two attached hydrogens (primary N) is 1. The van der Waals surface area contributed by atoms with Crippen LogP contribution in [0.25, 0.3) is 0 Å². The molecule has 2 N–H and O–H groups in total. The van der Waals surface area contributed by atoms with Gasteiger partial charge in [-0.05, 0) is 17.9 Å². The van der Waals surface area contributed by atoms with Crippen molar-refractivity contribution in [3.8, 4) is 11.8 Å². The van der Waals surface area contributed by atoms with Crippen LogP contribution in [0.4, 0.5) is 0 Å². The van der Waals surface area contributed by atoms with Gasteiger partial charge in [0.15, 0.2) is 0 Å². The minimum atomic E-state index is 0. The molecule has 0 aliphatic carbocycles. The molecule has 0 radical (unpaired) electrons. The van der Waals surface area contributed by atoms with E-state index in [4.69, 9.17) is 5.73 Å². The van der Waals surface area contributed by atoms with Gasteiger partial charge in [-0.3, -0.25) is 4.99 Å². The zero-order chi connectivity index (χ0) is 12.9. The van der Waals surface area contributed by atoms with Crippen molar-refractivity contribution in [2.24, 2.45) is 10.7 Å². The van der Waals surface area contributed by atoms with Gasteiger partial charge >= 0.3 is 0 Å². The standard InChI is InChI=1S/C15H20N2.H2/c1-5-6-11-17-14(16)12-7-9-13(10-8-12)15(2,3)4;/h7-10H,11H2,1-4H3,(H2,16,17);1H. The normalized spacial score (nSPS) is 11.9. The summed E-state index contributed by atoms with van der Waals surface area (Å²) < 4.78 is 0. The van der Waals surface area contributed by atoms with Crippen LogP contribution in [0.2, 0.25) is 0 Å². The highest BCUT2D eigenvalue weighted by Crippen LogP contribution is 2.21. The fourth-order valence-electron chi connectivity index (χ4n) is 1.44. The second kappa shape index (κ2) is 5.54. The largest absolute Gasteiger partial charge is 0.383 e. The smallest absolute Gasteiger partial charge is 0.126 e. The summed E-state index contributed by atoms with van der Waals surface area (Å²) in [5.74, 6) is 6.21. The molecule has 0 spiro atoms. The van der Waals surface area contributed by atoms with Gasteiger partial charge in [0.05, 0.1) is 0 Å². The molecule has 0 fully saturated rings. The maximum Gasteiger partial charge on any atom is 0.126 e. The highest BCUT2D eigenvalue weighted by atomic mass is 14.8. The summed E-state index contributed by atoms with van der Waals surface area (Å²) in [5, 5.41) is 0. The third kappa shape index (κ3) is 3.96. The number of hydrogen-bond donors (Lipinski definition) is 1. The molecular formula is C15H22N2. The van der Waals surface area contributed by atoms with Crippen molar-refractivity contribution < 1.29 is 1.43 Å². The van der Waals surface area contributed by atoms with Crippen molar-refractivity contribution in [2.45, 2.75) is 33.1 Å². The van der Waals surface area contributed by atoms with Gasteiger partial charge in [-0.25, -0.2) is 0 Å². The molecule has 17 heavy (non-hydrogen) atoms. The zero-order valence-corrected chi connectivity index (χ0v) is 11.0. The lowest BCUT2D eigenvalue weighted by Gasteiger charge is -2.19. The molecule has 0 unspecified atom stereocenters. The fraction of sp³-hybridized carbons (Fsp3) is 0.400. The number of hydrogen-bond acceptors (Lipinski definition) is 1. The molecule has 1 aromatic carbocycles. The van der Waals surface area contributed by atoms with E-state index in [0.29, 0.717) is 12.4 Å². The summed E-state index contributed by atoms with van der Waals surface area (Å²) >= 11 is 0.